The van der Waals surface area contributed by atoms with E-state index < -0.39 is 18.0 Å². The number of para-hydroxylation sites is 1. The van der Waals surface area contributed by atoms with Crippen LogP contribution in [0.15, 0.2) is 78.9 Å². The normalized spacial score (nSPS) is 11.4. The molecule has 1 amide bonds. The maximum absolute atomic E-state index is 12.6. The van der Waals surface area contributed by atoms with E-state index in [2.05, 4.69) is 5.32 Å². The number of hydrogen-bond acceptors (Lipinski definition) is 4. The lowest BCUT2D eigenvalue weighted by Crippen LogP contribution is -2.30. The van der Waals surface area contributed by atoms with Gasteiger partial charge in [-0.25, -0.2) is 4.79 Å². The molecule has 0 unspecified atom stereocenters. The molecule has 0 saturated carbocycles. The van der Waals surface area contributed by atoms with Crippen LogP contribution in [0, 0.1) is 0 Å². The highest BCUT2D eigenvalue weighted by molar-refractivity contribution is 5.99. The van der Waals surface area contributed by atoms with Gasteiger partial charge in [0.05, 0.1) is 12.2 Å². The van der Waals surface area contributed by atoms with Crippen molar-refractivity contribution >= 4 is 17.6 Å². The fraction of sp³-hybridized carbons (Fsp3) is 0.167. The van der Waals surface area contributed by atoms with Crippen LogP contribution in [0.3, 0.4) is 0 Å². The van der Waals surface area contributed by atoms with Crippen molar-refractivity contribution < 1.29 is 19.1 Å². The zero-order chi connectivity index (χ0) is 20.6. The molecule has 29 heavy (non-hydrogen) atoms. The van der Waals surface area contributed by atoms with Gasteiger partial charge in [0.15, 0.2) is 6.10 Å². The van der Waals surface area contributed by atoms with Crippen LogP contribution in [-0.2, 0) is 9.53 Å². The number of hydrogen-bond donors (Lipinski definition) is 1. The number of carbonyl (C=O) groups excluding carboxylic acids is 2. The molecule has 5 nitrogen and oxygen atoms in total. The number of carbonyl (C=O) groups is 2. The Bertz CT molecular complexity index is 968. The topological polar surface area (TPSA) is 64.6 Å². The number of esters is 1. The first-order valence-corrected chi connectivity index (χ1v) is 9.47. The molecule has 0 saturated heterocycles. The molecule has 148 valence electrons. The highest BCUT2D eigenvalue weighted by atomic mass is 16.5. The van der Waals surface area contributed by atoms with Crippen LogP contribution in [0.25, 0.3) is 11.1 Å². The van der Waals surface area contributed by atoms with Crippen molar-refractivity contribution in [1.29, 1.82) is 0 Å². The lowest BCUT2D eigenvalue weighted by atomic mass is 10.0. The van der Waals surface area contributed by atoms with Gasteiger partial charge in [-0.2, -0.15) is 0 Å². The van der Waals surface area contributed by atoms with Crippen molar-refractivity contribution in [1.82, 2.24) is 0 Å². The molecule has 3 rings (SSSR count). The first-order chi connectivity index (χ1) is 14.1. The maximum Gasteiger partial charge on any atom is 0.338 e. The third kappa shape index (κ3) is 5.23. The zero-order valence-electron chi connectivity index (χ0n) is 16.4. The van der Waals surface area contributed by atoms with Gasteiger partial charge in [0.1, 0.15) is 5.75 Å². The van der Waals surface area contributed by atoms with Gasteiger partial charge < -0.3 is 14.8 Å². The first kappa shape index (κ1) is 20.1. The second-order valence-electron chi connectivity index (χ2n) is 6.41. The van der Waals surface area contributed by atoms with Gasteiger partial charge in [-0.1, -0.05) is 48.5 Å². The molecule has 0 aromatic heterocycles. The summed E-state index contributed by atoms with van der Waals surface area (Å²) in [4.78, 5) is 24.9. The van der Waals surface area contributed by atoms with E-state index >= 15 is 0 Å². The monoisotopic (exact) mass is 389 g/mol. The molecule has 0 aliphatic heterocycles. The van der Waals surface area contributed by atoms with Crippen molar-refractivity contribution in [3.63, 3.8) is 0 Å². The highest BCUT2D eigenvalue weighted by Crippen LogP contribution is 2.27. The summed E-state index contributed by atoms with van der Waals surface area (Å²) in [5.74, 6) is -0.285. The molecule has 0 fully saturated rings. The van der Waals surface area contributed by atoms with Gasteiger partial charge in [-0.15, -0.1) is 0 Å². The van der Waals surface area contributed by atoms with Gasteiger partial charge in [0.2, 0.25) is 0 Å². The van der Waals surface area contributed by atoms with E-state index in [9.17, 15) is 9.59 Å². The van der Waals surface area contributed by atoms with E-state index in [0.717, 1.165) is 11.1 Å². The average molecular weight is 389 g/mol. The summed E-state index contributed by atoms with van der Waals surface area (Å²) < 4.78 is 10.7. The molecular formula is C24H23NO4. The fourth-order valence-electron chi connectivity index (χ4n) is 2.83. The number of benzene rings is 3. The predicted molar refractivity (Wildman–Crippen MR) is 113 cm³/mol. The Kier molecular flexibility index (Phi) is 6.63. The summed E-state index contributed by atoms with van der Waals surface area (Å²) in [6.45, 7) is 3.98. The molecule has 3 aromatic carbocycles. The van der Waals surface area contributed by atoms with Crippen LogP contribution in [0.1, 0.15) is 24.2 Å². The fourth-order valence-corrected chi connectivity index (χ4v) is 2.83. The van der Waals surface area contributed by atoms with Crippen LogP contribution in [-0.4, -0.2) is 24.6 Å². The lowest BCUT2D eigenvalue weighted by molar-refractivity contribution is -0.123. The van der Waals surface area contributed by atoms with E-state index in [4.69, 9.17) is 9.47 Å². The Morgan fingerprint density at radius 2 is 1.55 bits per heavy atom. The SMILES string of the molecule is CCOc1ccc(C(=O)O[C@H](C)C(=O)Nc2ccccc2-c2ccccc2)cc1. The van der Waals surface area contributed by atoms with Gasteiger partial charge in [0.25, 0.3) is 5.91 Å². The third-order valence-corrected chi connectivity index (χ3v) is 4.32. The molecule has 3 aromatic rings. The quantitative estimate of drug-likeness (QED) is 0.582. The minimum Gasteiger partial charge on any atom is -0.494 e. The van der Waals surface area contributed by atoms with Crippen molar-refractivity contribution in [2.75, 3.05) is 11.9 Å². The summed E-state index contributed by atoms with van der Waals surface area (Å²) in [5, 5.41) is 2.86. The Morgan fingerprint density at radius 1 is 0.897 bits per heavy atom. The van der Waals surface area contributed by atoms with Gasteiger partial charge >= 0.3 is 5.97 Å². The molecule has 0 bridgehead atoms. The van der Waals surface area contributed by atoms with Crippen molar-refractivity contribution in [2.24, 2.45) is 0 Å². The second-order valence-corrected chi connectivity index (χ2v) is 6.41. The number of amides is 1. The highest BCUT2D eigenvalue weighted by Gasteiger charge is 2.20. The van der Waals surface area contributed by atoms with Crippen molar-refractivity contribution in [3.8, 4) is 16.9 Å². The van der Waals surface area contributed by atoms with Gasteiger partial charge in [-0.3, -0.25) is 4.79 Å². The molecule has 1 N–H and O–H groups in total. The number of ether oxygens (including phenoxy) is 2. The second kappa shape index (κ2) is 9.55. The summed E-state index contributed by atoms with van der Waals surface area (Å²) in [6, 6.07) is 23.9. The molecular weight excluding hydrogens is 366 g/mol. The van der Waals surface area contributed by atoms with Crippen molar-refractivity contribution in [2.45, 2.75) is 20.0 Å². The molecule has 0 aliphatic rings. The maximum atomic E-state index is 12.6. The smallest absolute Gasteiger partial charge is 0.338 e. The molecule has 0 spiro atoms. The van der Waals surface area contributed by atoms with E-state index in [1.807, 2.05) is 61.5 Å². The standard InChI is InChI=1S/C24H23NO4/c1-3-28-20-15-13-19(14-16-20)24(27)29-17(2)23(26)25-22-12-8-7-11-21(22)18-9-5-4-6-10-18/h4-17H,3H2,1-2H3,(H,25,26)/t17-/m1/s1. The number of rotatable bonds is 7. The van der Waals surface area contributed by atoms with Crippen molar-refractivity contribution in [3.05, 3.63) is 84.4 Å². The summed E-state index contributed by atoms with van der Waals surface area (Å²) in [5.41, 5.74) is 2.90. The van der Waals surface area contributed by atoms with E-state index in [-0.39, 0.29) is 0 Å². The van der Waals surface area contributed by atoms with Crippen LogP contribution in [0.4, 0.5) is 5.69 Å². The van der Waals surface area contributed by atoms with Crippen LogP contribution in [0.5, 0.6) is 5.75 Å². The zero-order valence-corrected chi connectivity index (χ0v) is 16.4. The number of anilines is 1. The third-order valence-electron chi connectivity index (χ3n) is 4.32. The first-order valence-electron chi connectivity index (χ1n) is 9.47. The Hall–Kier alpha value is -3.60. The summed E-state index contributed by atoms with van der Waals surface area (Å²) in [7, 11) is 0. The predicted octanol–water partition coefficient (Wildman–Crippen LogP) is 4.94. The van der Waals surface area contributed by atoms with E-state index in [1.54, 1.807) is 31.2 Å². The summed E-state index contributed by atoms with van der Waals surface area (Å²) >= 11 is 0. The molecule has 0 heterocycles. The van der Waals surface area contributed by atoms with E-state index in [0.29, 0.717) is 23.6 Å². The minimum absolute atomic E-state index is 0.359. The molecule has 0 aliphatic carbocycles. The summed E-state index contributed by atoms with van der Waals surface area (Å²) in [6.07, 6.45) is -0.946. The Balaban J connectivity index is 1.66. The Labute approximate surface area is 170 Å². The molecule has 1 atom stereocenters. The minimum atomic E-state index is -0.946. The van der Waals surface area contributed by atoms with Crippen LogP contribution < -0.4 is 10.1 Å². The van der Waals surface area contributed by atoms with Crippen LogP contribution >= 0.6 is 0 Å². The van der Waals surface area contributed by atoms with Gasteiger partial charge in [-0.05, 0) is 49.7 Å². The van der Waals surface area contributed by atoms with Crippen LogP contribution in [0.2, 0.25) is 0 Å². The molecule has 5 heteroatoms. The largest absolute Gasteiger partial charge is 0.494 e. The van der Waals surface area contributed by atoms with Gasteiger partial charge in [0, 0.05) is 11.3 Å². The van der Waals surface area contributed by atoms with E-state index in [1.165, 1.54) is 0 Å². The lowest BCUT2D eigenvalue weighted by Gasteiger charge is -2.16. The average Bonchev–Trinajstić information content (AvgIpc) is 2.75. The number of nitrogens with one attached hydrogen (secondary N) is 1. The Morgan fingerprint density at radius 3 is 2.24 bits per heavy atom. The molecule has 0 radical (unpaired) electrons.